The summed E-state index contributed by atoms with van der Waals surface area (Å²) in [4.78, 5) is 0. The first kappa shape index (κ1) is 12.4. The molecule has 0 saturated heterocycles. The number of hydrogen-bond acceptors (Lipinski definition) is 2. The summed E-state index contributed by atoms with van der Waals surface area (Å²) in [5.74, 6) is -0.155. The van der Waals surface area contributed by atoms with E-state index in [1.165, 1.54) is 18.9 Å². The third-order valence-corrected chi connectivity index (χ3v) is 2.29. The van der Waals surface area contributed by atoms with E-state index in [0.717, 1.165) is 6.42 Å². The maximum atomic E-state index is 9.51. The zero-order valence-corrected chi connectivity index (χ0v) is 9.56. The van der Waals surface area contributed by atoms with E-state index in [2.05, 4.69) is 13.0 Å². The van der Waals surface area contributed by atoms with Gasteiger partial charge in [-0.15, -0.1) is 0 Å². The third kappa shape index (κ3) is 3.81. The highest BCUT2D eigenvalue weighted by molar-refractivity contribution is 5.62. The minimum Gasteiger partial charge on any atom is -0.504 e. The molecular weight excluding hydrogens is 200 g/mol. The molecule has 0 aliphatic heterocycles. The standard InChI is InChI=1S/C14H18O2/c1-2-3-4-5-6-7-9-12-10-8-11-13(15)14(12)16/h5-11,15-16H,2-4H2,1H3. The molecule has 2 heteroatoms. The lowest BCUT2D eigenvalue weighted by molar-refractivity contribution is 0.403. The lowest BCUT2D eigenvalue weighted by Crippen LogP contribution is -1.74. The Hall–Kier alpha value is -1.70. The van der Waals surface area contributed by atoms with Crippen LogP contribution in [0.25, 0.3) is 6.08 Å². The van der Waals surface area contributed by atoms with E-state index < -0.39 is 0 Å². The van der Waals surface area contributed by atoms with Crippen molar-refractivity contribution >= 4 is 6.08 Å². The molecule has 0 atom stereocenters. The summed E-state index contributed by atoms with van der Waals surface area (Å²) < 4.78 is 0. The highest BCUT2D eigenvalue weighted by Crippen LogP contribution is 2.28. The Balaban J connectivity index is 2.56. The van der Waals surface area contributed by atoms with Gasteiger partial charge in [0.25, 0.3) is 0 Å². The van der Waals surface area contributed by atoms with Crippen LogP contribution in [0.5, 0.6) is 11.5 Å². The molecule has 1 rings (SSSR count). The van der Waals surface area contributed by atoms with E-state index in [0.29, 0.717) is 5.56 Å². The lowest BCUT2D eigenvalue weighted by Gasteiger charge is -1.99. The van der Waals surface area contributed by atoms with Crippen LogP contribution in [-0.4, -0.2) is 10.2 Å². The van der Waals surface area contributed by atoms with Crippen LogP contribution in [0.2, 0.25) is 0 Å². The Labute approximate surface area is 96.6 Å². The molecule has 1 aromatic carbocycles. The lowest BCUT2D eigenvalue weighted by atomic mass is 10.1. The second-order valence-electron chi connectivity index (χ2n) is 3.64. The van der Waals surface area contributed by atoms with Gasteiger partial charge in [0.05, 0.1) is 0 Å². The average molecular weight is 218 g/mol. The van der Waals surface area contributed by atoms with Gasteiger partial charge in [-0.1, -0.05) is 56.2 Å². The molecule has 0 spiro atoms. The van der Waals surface area contributed by atoms with Crippen LogP contribution >= 0.6 is 0 Å². The van der Waals surface area contributed by atoms with Crippen LogP contribution in [0, 0.1) is 0 Å². The van der Waals surface area contributed by atoms with Gasteiger partial charge in [-0.25, -0.2) is 0 Å². The molecule has 2 N–H and O–H groups in total. The van der Waals surface area contributed by atoms with Crippen LogP contribution in [0.4, 0.5) is 0 Å². The fraction of sp³-hybridized carbons (Fsp3) is 0.286. The Morgan fingerprint density at radius 3 is 2.75 bits per heavy atom. The largest absolute Gasteiger partial charge is 0.504 e. The first-order chi connectivity index (χ1) is 7.75. The van der Waals surface area contributed by atoms with Crippen LogP contribution < -0.4 is 0 Å². The van der Waals surface area contributed by atoms with Crippen molar-refractivity contribution in [2.24, 2.45) is 0 Å². The molecule has 86 valence electrons. The number of phenolic OH excluding ortho intramolecular Hbond substituents is 2. The second-order valence-corrected chi connectivity index (χ2v) is 3.64. The number of rotatable bonds is 5. The molecule has 0 radical (unpaired) electrons. The maximum absolute atomic E-state index is 9.51. The van der Waals surface area contributed by atoms with Gasteiger partial charge in [0, 0.05) is 5.56 Å². The van der Waals surface area contributed by atoms with Crippen molar-refractivity contribution in [2.75, 3.05) is 0 Å². The van der Waals surface area contributed by atoms with Crippen LogP contribution in [-0.2, 0) is 0 Å². The van der Waals surface area contributed by atoms with Crippen molar-refractivity contribution in [3.8, 4) is 11.5 Å². The Morgan fingerprint density at radius 1 is 1.19 bits per heavy atom. The summed E-state index contributed by atoms with van der Waals surface area (Å²) in [5, 5.41) is 18.8. The number of benzene rings is 1. The van der Waals surface area contributed by atoms with Crippen molar-refractivity contribution in [3.63, 3.8) is 0 Å². The van der Waals surface area contributed by atoms with Crippen molar-refractivity contribution in [1.29, 1.82) is 0 Å². The zero-order chi connectivity index (χ0) is 11.8. The highest BCUT2D eigenvalue weighted by Gasteiger charge is 2.00. The molecular formula is C14H18O2. The fourth-order valence-electron chi connectivity index (χ4n) is 1.34. The van der Waals surface area contributed by atoms with Gasteiger partial charge in [0.1, 0.15) is 0 Å². The Morgan fingerprint density at radius 2 is 2.00 bits per heavy atom. The van der Waals surface area contributed by atoms with E-state index in [4.69, 9.17) is 0 Å². The van der Waals surface area contributed by atoms with Crippen molar-refractivity contribution < 1.29 is 10.2 Å². The van der Waals surface area contributed by atoms with Crippen LogP contribution in [0.3, 0.4) is 0 Å². The summed E-state index contributed by atoms with van der Waals surface area (Å²) in [6, 6.07) is 4.92. The highest BCUT2D eigenvalue weighted by atomic mass is 16.3. The van der Waals surface area contributed by atoms with Crippen molar-refractivity contribution in [3.05, 3.63) is 42.0 Å². The quantitative estimate of drug-likeness (QED) is 0.447. The molecule has 0 saturated carbocycles. The topological polar surface area (TPSA) is 40.5 Å². The van der Waals surface area contributed by atoms with Gasteiger partial charge >= 0.3 is 0 Å². The molecule has 0 amide bonds. The second kappa shape index (κ2) is 6.72. The number of hydrogen-bond donors (Lipinski definition) is 2. The van der Waals surface area contributed by atoms with Crippen molar-refractivity contribution in [1.82, 2.24) is 0 Å². The van der Waals surface area contributed by atoms with Crippen LogP contribution in [0.1, 0.15) is 31.7 Å². The number of aromatic hydroxyl groups is 2. The smallest absolute Gasteiger partial charge is 0.164 e. The zero-order valence-electron chi connectivity index (χ0n) is 9.56. The average Bonchev–Trinajstić information content (AvgIpc) is 2.29. The molecule has 16 heavy (non-hydrogen) atoms. The van der Waals surface area contributed by atoms with E-state index in [1.54, 1.807) is 18.2 Å². The Kier molecular flexibility index (Phi) is 5.20. The molecule has 1 aromatic rings. The molecule has 0 aliphatic carbocycles. The first-order valence-corrected chi connectivity index (χ1v) is 5.60. The van der Waals surface area contributed by atoms with E-state index in [1.807, 2.05) is 12.2 Å². The van der Waals surface area contributed by atoms with Gasteiger partial charge in [-0.2, -0.15) is 0 Å². The summed E-state index contributed by atoms with van der Waals surface area (Å²) in [6.07, 6.45) is 11.2. The van der Waals surface area contributed by atoms with E-state index in [9.17, 15) is 10.2 Å². The van der Waals surface area contributed by atoms with Crippen LogP contribution in [0.15, 0.2) is 36.4 Å². The monoisotopic (exact) mass is 218 g/mol. The minimum absolute atomic E-state index is 0.0688. The molecule has 0 aliphatic rings. The molecule has 0 aromatic heterocycles. The van der Waals surface area contributed by atoms with Gasteiger partial charge in [0.2, 0.25) is 0 Å². The fourth-order valence-corrected chi connectivity index (χ4v) is 1.34. The first-order valence-electron chi connectivity index (χ1n) is 5.60. The molecule has 0 fully saturated rings. The summed E-state index contributed by atoms with van der Waals surface area (Å²) in [6.45, 7) is 2.16. The molecule has 0 bridgehead atoms. The summed E-state index contributed by atoms with van der Waals surface area (Å²) >= 11 is 0. The third-order valence-electron chi connectivity index (χ3n) is 2.29. The van der Waals surface area contributed by atoms with Crippen molar-refractivity contribution in [2.45, 2.75) is 26.2 Å². The Bertz CT molecular complexity index is 378. The van der Waals surface area contributed by atoms with E-state index in [-0.39, 0.29) is 11.5 Å². The van der Waals surface area contributed by atoms with Gasteiger partial charge in [-0.3, -0.25) is 0 Å². The van der Waals surface area contributed by atoms with Gasteiger partial charge in [-0.05, 0) is 12.5 Å². The number of para-hydroxylation sites is 1. The SMILES string of the molecule is CCCCC=CC=Cc1cccc(O)c1O. The number of phenols is 2. The summed E-state index contributed by atoms with van der Waals surface area (Å²) in [7, 11) is 0. The number of allylic oxidation sites excluding steroid dienone is 3. The minimum atomic E-state index is -0.0860. The molecule has 0 unspecified atom stereocenters. The summed E-state index contributed by atoms with van der Waals surface area (Å²) in [5.41, 5.74) is 0.625. The molecule has 0 heterocycles. The predicted molar refractivity (Wildman–Crippen MR) is 67.5 cm³/mol. The van der Waals surface area contributed by atoms with Gasteiger partial charge < -0.3 is 10.2 Å². The molecule has 2 nitrogen and oxygen atoms in total. The predicted octanol–water partition coefficient (Wildman–Crippen LogP) is 3.86. The maximum Gasteiger partial charge on any atom is 0.164 e. The van der Waals surface area contributed by atoms with E-state index >= 15 is 0 Å². The number of unbranched alkanes of at least 4 members (excludes halogenated alkanes) is 2. The normalized spacial score (nSPS) is 11.6. The van der Waals surface area contributed by atoms with Gasteiger partial charge in [0.15, 0.2) is 11.5 Å².